The summed E-state index contributed by atoms with van der Waals surface area (Å²) in [6, 6.07) is 14.4. The van der Waals surface area contributed by atoms with Gasteiger partial charge in [0.05, 0.1) is 23.0 Å². The van der Waals surface area contributed by atoms with Crippen molar-refractivity contribution < 1.29 is 44.5 Å². The molecule has 2 rings (SSSR count). The van der Waals surface area contributed by atoms with Crippen molar-refractivity contribution in [3.05, 3.63) is 60.7 Å². The quantitative estimate of drug-likeness (QED) is 0.352. The zero-order chi connectivity index (χ0) is 23.5. The third kappa shape index (κ3) is 8.50. The van der Waals surface area contributed by atoms with Crippen LogP contribution in [0.1, 0.15) is 12.8 Å². The predicted octanol–water partition coefficient (Wildman–Crippen LogP) is 1.86. The van der Waals surface area contributed by atoms with Crippen molar-refractivity contribution in [1.29, 1.82) is 0 Å². The van der Waals surface area contributed by atoms with Crippen molar-refractivity contribution in [1.82, 2.24) is 11.0 Å². The van der Waals surface area contributed by atoms with E-state index in [1.165, 1.54) is 48.5 Å². The molecule has 0 aliphatic carbocycles. The molecule has 2 N–H and O–H groups in total. The first-order valence-electron chi connectivity index (χ1n) is 9.03. The highest BCUT2D eigenvalue weighted by molar-refractivity contribution is 7.87. The Hall–Kier alpha value is -3.20. The number of hydrogen-bond donors (Lipinski definition) is 2. The second-order valence-corrected chi connectivity index (χ2v) is 8.98. The van der Waals surface area contributed by atoms with Gasteiger partial charge in [-0.1, -0.05) is 36.4 Å². The number of ether oxygens (including phenoxy) is 2. The predicted molar refractivity (Wildman–Crippen MR) is 108 cm³/mol. The Morgan fingerprint density at radius 1 is 0.625 bits per heavy atom. The van der Waals surface area contributed by atoms with Crippen LogP contribution in [0.4, 0.5) is 9.59 Å². The first-order chi connectivity index (χ1) is 15.2. The van der Waals surface area contributed by atoms with Crippen LogP contribution in [0.3, 0.4) is 0 Å². The summed E-state index contributed by atoms with van der Waals surface area (Å²) in [5.41, 5.74) is 3.31. The molecule has 2 aromatic rings. The molecule has 0 spiro atoms. The van der Waals surface area contributed by atoms with E-state index in [1.807, 2.05) is 0 Å². The number of carbonyl (C=O) groups is 2. The average Bonchev–Trinajstić information content (AvgIpc) is 2.80. The smallest absolute Gasteiger partial charge is 0.432 e. The van der Waals surface area contributed by atoms with Crippen LogP contribution in [0.5, 0.6) is 0 Å². The average molecular weight is 488 g/mol. The highest BCUT2D eigenvalue weighted by atomic mass is 32.2. The fourth-order valence-electron chi connectivity index (χ4n) is 2.04. The number of hydrogen-bond acceptors (Lipinski definition) is 10. The molecule has 0 fully saturated rings. The lowest BCUT2D eigenvalue weighted by Gasteiger charge is -2.08. The first-order valence-corrected chi connectivity index (χ1v) is 11.8. The summed E-state index contributed by atoms with van der Waals surface area (Å²) in [4.78, 5) is 22.6. The van der Waals surface area contributed by atoms with Crippen molar-refractivity contribution >= 4 is 32.4 Å². The van der Waals surface area contributed by atoms with Gasteiger partial charge >= 0.3 is 32.4 Å². The number of carbonyl (C=O) groups excluding carboxylic acids is 2. The van der Waals surface area contributed by atoms with E-state index in [9.17, 15) is 26.4 Å². The molecule has 0 saturated carbocycles. The van der Waals surface area contributed by atoms with E-state index in [1.54, 1.807) is 23.1 Å². The van der Waals surface area contributed by atoms with Gasteiger partial charge in [-0.2, -0.15) is 27.8 Å². The molecule has 12 nitrogen and oxygen atoms in total. The number of nitrogens with one attached hydrogen (secondary N) is 2. The standard InChI is InChI=1S/C18H20N2O10S2/c21-17(19-29-31(23,24)15-9-3-1-4-10-15)27-13-7-8-14-28-18(22)20-30-32(25,26)16-11-5-2-6-12-16/h1-6,9-12H,7-8,13-14H2,(H,19,21)(H,20,22). The molecule has 32 heavy (non-hydrogen) atoms. The van der Waals surface area contributed by atoms with Gasteiger partial charge in [0.25, 0.3) is 0 Å². The van der Waals surface area contributed by atoms with Crippen molar-refractivity contribution in [2.75, 3.05) is 13.2 Å². The second kappa shape index (κ2) is 12.0. The molecule has 174 valence electrons. The van der Waals surface area contributed by atoms with Crippen molar-refractivity contribution in [2.45, 2.75) is 22.6 Å². The first kappa shape index (κ1) is 25.1. The molecule has 0 aromatic heterocycles. The van der Waals surface area contributed by atoms with Gasteiger partial charge < -0.3 is 9.47 Å². The van der Waals surface area contributed by atoms with Gasteiger partial charge in [-0.25, -0.2) is 9.59 Å². The Bertz CT molecular complexity index is 1000. The number of unbranched alkanes of at least 4 members (excludes halogenated alkanes) is 1. The van der Waals surface area contributed by atoms with E-state index in [0.29, 0.717) is 0 Å². The minimum Gasteiger partial charge on any atom is -0.448 e. The lowest BCUT2D eigenvalue weighted by molar-refractivity contribution is 0.0900. The van der Waals surface area contributed by atoms with E-state index in [2.05, 4.69) is 8.57 Å². The summed E-state index contributed by atoms with van der Waals surface area (Å²) >= 11 is 0. The summed E-state index contributed by atoms with van der Waals surface area (Å²) in [7, 11) is -8.34. The van der Waals surface area contributed by atoms with Gasteiger partial charge in [0.15, 0.2) is 0 Å². The molecule has 0 aliphatic heterocycles. The summed E-state index contributed by atoms with van der Waals surface area (Å²) < 4.78 is 65.5. The SMILES string of the molecule is O=C(NOS(=O)(=O)c1ccccc1)OCCCCOC(=O)NOS(=O)(=O)c1ccccc1. The van der Waals surface area contributed by atoms with Gasteiger partial charge in [-0.3, -0.25) is 0 Å². The maximum Gasteiger partial charge on any atom is 0.432 e. The largest absolute Gasteiger partial charge is 0.448 e. The molecule has 2 amide bonds. The third-order valence-electron chi connectivity index (χ3n) is 3.54. The molecule has 0 radical (unpaired) electrons. The van der Waals surface area contributed by atoms with E-state index in [4.69, 9.17) is 9.47 Å². The van der Waals surface area contributed by atoms with E-state index in [-0.39, 0.29) is 35.8 Å². The molecular formula is C18H20N2O10S2. The van der Waals surface area contributed by atoms with Crippen molar-refractivity contribution in [3.63, 3.8) is 0 Å². The van der Waals surface area contributed by atoms with Crippen molar-refractivity contribution in [2.24, 2.45) is 0 Å². The molecule has 0 saturated heterocycles. The van der Waals surface area contributed by atoms with E-state index < -0.39 is 32.4 Å². The summed E-state index contributed by atoms with van der Waals surface area (Å²) in [6.07, 6.45) is -1.73. The van der Waals surface area contributed by atoms with Crippen molar-refractivity contribution in [3.8, 4) is 0 Å². The highest BCUT2D eigenvalue weighted by Gasteiger charge is 2.18. The molecule has 0 aliphatic rings. The number of benzene rings is 2. The summed E-state index contributed by atoms with van der Waals surface area (Å²) in [6.45, 7) is -0.241. The summed E-state index contributed by atoms with van der Waals surface area (Å²) in [5.74, 6) is 0. The normalized spacial score (nSPS) is 11.4. The van der Waals surface area contributed by atoms with Crippen LogP contribution in [0, 0.1) is 0 Å². The van der Waals surface area contributed by atoms with Gasteiger partial charge in [0, 0.05) is 0 Å². The fourth-order valence-corrected chi connectivity index (χ4v) is 3.57. The zero-order valence-corrected chi connectivity index (χ0v) is 18.1. The molecular weight excluding hydrogens is 468 g/mol. The van der Waals surface area contributed by atoms with Gasteiger partial charge in [-0.05, 0) is 37.1 Å². The molecule has 2 aromatic carbocycles. The number of amides is 2. The monoisotopic (exact) mass is 488 g/mol. The maximum atomic E-state index is 11.8. The fraction of sp³-hybridized carbons (Fsp3) is 0.222. The molecule has 14 heteroatoms. The lowest BCUT2D eigenvalue weighted by Crippen LogP contribution is -2.28. The maximum absolute atomic E-state index is 11.8. The Morgan fingerprint density at radius 3 is 1.31 bits per heavy atom. The van der Waals surface area contributed by atoms with E-state index >= 15 is 0 Å². The van der Waals surface area contributed by atoms with E-state index in [0.717, 1.165) is 0 Å². The van der Waals surface area contributed by atoms with Gasteiger partial charge in [-0.15, -0.1) is 8.57 Å². The van der Waals surface area contributed by atoms with Crippen LogP contribution in [-0.2, 0) is 38.3 Å². The Kier molecular flexibility index (Phi) is 9.39. The minimum atomic E-state index is -4.17. The highest BCUT2D eigenvalue weighted by Crippen LogP contribution is 2.10. The molecule has 0 atom stereocenters. The lowest BCUT2D eigenvalue weighted by atomic mass is 10.3. The molecule has 0 bridgehead atoms. The molecule has 0 heterocycles. The number of rotatable bonds is 11. The second-order valence-electron chi connectivity index (χ2n) is 5.88. The Balaban J connectivity index is 1.56. The van der Waals surface area contributed by atoms with Crippen LogP contribution < -0.4 is 11.0 Å². The topological polar surface area (TPSA) is 163 Å². The third-order valence-corrected chi connectivity index (χ3v) is 5.84. The van der Waals surface area contributed by atoms with Crippen LogP contribution in [0.15, 0.2) is 70.5 Å². The van der Waals surface area contributed by atoms with Gasteiger partial charge in [0.1, 0.15) is 0 Å². The van der Waals surface area contributed by atoms with Crippen LogP contribution in [0.25, 0.3) is 0 Å². The minimum absolute atomic E-state index is 0.121. The molecule has 0 unspecified atom stereocenters. The van der Waals surface area contributed by atoms with Crippen LogP contribution in [0.2, 0.25) is 0 Å². The summed E-state index contributed by atoms with van der Waals surface area (Å²) in [5, 5.41) is 0. The van der Waals surface area contributed by atoms with Crippen LogP contribution in [-0.4, -0.2) is 42.2 Å². The van der Waals surface area contributed by atoms with Crippen LogP contribution >= 0.6 is 0 Å². The zero-order valence-electron chi connectivity index (χ0n) is 16.5. The number of hydroxylamine groups is 2. The Morgan fingerprint density at radius 2 is 0.969 bits per heavy atom. The Labute approximate surface area is 184 Å². The van der Waals surface area contributed by atoms with Gasteiger partial charge in [0.2, 0.25) is 0 Å².